The summed E-state index contributed by atoms with van der Waals surface area (Å²) in [6.45, 7) is 0. The summed E-state index contributed by atoms with van der Waals surface area (Å²) >= 11 is 27.5. The molecular formula is C6N6S6Zn3. The number of hydrogen-bond donors (Lipinski definition) is 0. The second kappa shape index (κ2) is 13.6. The summed E-state index contributed by atoms with van der Waals surface area (Å²) in [6.07, 6.45) is 0. The number of hydrogen-bond acceptors (Lipinski definition) is 12. The van der Waals surface area contributed by atoms with Crippen LogP contribution in [0, 0.1) is 0 Å². The van der Waals surface area contributed by atoms with E-state index in [-0.39, 0.29) is 89.4 Å². The molecule has 0 aromatic carbocycles. The fourth-order valence-electron chi connectivity index (χ4n) is 0.641. The fourth-order valence-corrected chi connectivity index (χ4v) is 2.03. The maximum atomic E-state index is 4.59. The largest absolute Gasteiger partial charge is 2.00 e. The second-order valence-electron chi connectivity index (χ2n) is 2.37. The molecule has 0 radical (unpaired) electrons. The molecule has 0 saturated heterocycles. The van der Waals surface area contributed by atoms with Crippen molar-refractivity contribution in [1.82, 2.24) is 29.9 Å². The normalized spacial score (nSPS) is 8.00. The first-order valence-corrected chi connectivity index (χ1v) is 6.36. The van der Waals surface area contributed by atoms with Crippen molar-refractivity contribution in [1.29, 1.82) is 0 Å². The third kappa shape index (κ3) is 12.3. The van der Waals surface area contributed by atoms with Crippen LogP contribution in [0.3, 0.4) is 0 Å². The Bertz CT molecular complexity index is 412. The Labute approximate surface area is 192 Å². The monoisotopic (exact) mass is 540 g/mol. The molecule has 2 aromatic heterocycles. The van der Waals surface area contributed by atoms with Gasteiger partial charge < -0.3 is 75.8 Å². The summed E-state index contributed by atoms with van der Waals surface area (Å²) in [4.78, 5) is 21.5. The van der Waals surface area contributed by atoms with Crippen LogP contribution in [0.1, 0.15) is 0 Å². The SMILES string of the molecule is [S-]c1nc([S-])nc([S-])n1.[S-]c1nc([S-])nc([S-])n1.[Zn+2].[Zn+2].[Zn+2]. The molecule has 0 aliphatic rings. The Kier molecular flexibility index (Phi) is 17.6. The Morgan fingerprint density at radius 2 is 0.429 bits per heavy atom. The van der Waals surface area contributed by atoms with E-state index in [1.807, 2.05) is 0 Å². The Morgan fingerprint density at radius 1 is 0.333 bits per heavy atom. The molecule has 96 valence electrons. The van der Waals surface area contributed by atoms with E-state index in [9.17, 15) is 0 Å². The summed E-state index contributed by atoms with van der Waals surface area (Å²) in [5, 5.41) is 1.00. The topological polar surface area (TPSA) is 77.3 Å². The molecule has 0 fully saturated rings. The van der Waals surface area contributed by atoms with Gasteiger partial charge in [0.1, 0.15) is 0 Å². The van der Waals surface area contributed by atoms with Crippen LogP contribution >= 0.6 is 0 Å². The molecule has 0 bridgehead atoms. The van der Waals surface area contributed by atoms with Crippen LogP contribution in [0.4, 0.5) is 0 Å². The molecule has 21 heavy (non-hydrogen) atoms. The van der Waals surface area contributed by atoms with Crippen molar-refractivity contribution in [3.8, 4) is 0 Å². The van der Waals surface area contributed by atoms with Crippen molar-refractivity contribution in [2.45, 2.75) is 30.9 Å². The molecule has 2 rings (SSSR count). The van der Waals surface area contributed by atoms with Gasteiger partial charge in [-0.05, 0) is 0 Å². The van der Waals surface area contributed by atoms with Crippen LogP contribution in [0.5, 0.6) is 0 Å². The minimum Gasteiger partial charge on any atom is -0.740 e. The van der Waals surface area contributed by atoms with Crippen LogP contribution in [0.25, 0.3) is 0 Å². The molecule has 15 heteroatoms. The maximum absolute atomic E-state index is 4.59. The van der Waals surface area contributed by atoms with Crippen molar-refractivity contribution in [2.75, 3.05) is 0 Å². The van der Waals surface area contributed by atoms with Gasteiger partial charge >= 0.3 is 58.4 Å². The van der Waals surface area contributed by atoms with E-state index < -0.39 is 0 Å². The third-order valence-electron chi connectivity index (χ3n) is 1.15. The van der Waals surface area contributed by atoms with E-state index in [0.717, 1.165) is 0 Å². The third-order valence-corrected chi connectivity index (χ3v) is 2.24. The van der Waals surface area contributed by atoms with Gasteiger partial charge in [-0.25, -0.2) is 0 Å². The Morgan fingerprint density at radius 3 is 0.524 bits per heavy atom. The summed E-state index contributed by atoms with van der Waals surface area (Å²) in [7, 11) is 0. The minimum absolute atomic E-state index is 0. The molecule has 0 N–H and O–H groups in total. The summed E-state index contributed by atoms with van der Waals surface area (Å²) < 4.78 is 0. The van der Waals surface area contributed by atoms with E-state index in [2.05, 4.69) is 106 Å². The van der Waals surface area contributed by atoms with E-state index in [0.29, 0.717) is 0 Å². The van der Waals surface area contributed by atoms with Crippen LogP contribution in [-0.2, 0) is 134 Å². The zero-order valence-corrected chi connectivity index (χ0v) is 24.1. The van der Waals surface area contributed by atoms with Gasteiger partial charge in [-0.15, -0.1) is 0 Å². The van der Waals surface area contributed by atoms with Gasteiger partial charge in [0, 0.05) is 30.9 Å². The molecule has 0 amide bonds. The average Bonchev–Trinajstić information content (AvgIpc) is 2.12. The van der Waals surface area contributed by atoms with Gasteiger partial charge in [0.05, 0.1) is 0 Å². The van der Waals surface area contributed by atoms with Crippen molar-refractivity contribution >= 4 is 75.8 Å². The summed E-state index contributed by atoms with van der Waals surface area (Å²) in [5.41, 5.74) is 0. The van der Waals surface area contributed by atoms with Gasteiger partial charge in [-0.3, -0.25) is 29.9 Å². The smallest absolute Gasteiger partial charge is 0.740 e. The van der Waals surface area contributed by atoms with Gasteiger partial charge in [0.15, 0.2) is 0 Å². The number of rotatable bonds is 0. The standard InChI is InChI=1S/2C3H3N3S3.3Zn/c2*7-1-4-2(8)6-3(9)5-1;;;/h2*(H3,4,5,6,7,8,9);;;/q;;3*+2/p-6. The average molecular weight is 545 g/mol. The second-order valence-corrected chi connectivity index (χ2v) is 4.56. The van der Waals surface area contributed by atoms with Crippen molar-refractivity contribution in [3.63, 3.8) is 0 Å². The van der Waals surface area contributed by atoms with E-state index in [1.54, 1.807) is 0 Å². The molecule has 0 aliphatic heterocycles. The van der Waals surface area contributed by atoms with Crippen molar-refractivity contribution in [3.05, 3.63) is 0 Å². The zero-order valence-electron chi connectivity index (χ0n) is 10.3. The zero-order chi connectivity index (χ0) is 13.7. The van der Waals surface area contributed by atoms with Crippen molar-refractivity contribution in [2.24, 2.45) is 0 Å². The first-order valence-electron chi connectivity index (χ1n) is 3.91. The van der Waals surface area contributed by atoms with E-state index in [4.69, 9.17) is 0 Å². The van der Waals surface area contributed by atoms with Gasteiger partial charge in [0.2, 0.25) is 0 Å². The summed E-state index contributed by atoms with van der Waals surface area (Å²) in [5.74, 6) is 0. The fraction of sp³-hybridized carbons (Fsp3) is 0. The molecule has 0 aliphatic carbocycles. The predicted molar refractivity (Wildman–Crippen MR) is 73.4 cm³/mol. The molecular weight excluding hydrogens is 545 g/mol. The molecule has 6 nitrogen and oxygen atoms in total. The molecule has 0 unspecified atom stereocenters. The Hall–Kier alpha value is 1.21. The maximum Gasteiger partial charge on any atom is 2.00 e. The van der Waals surface area contributed by atoms with Gasteiger partial charge in [0.25, 0.3) is 0 Å². The molecule has 2 heterocycles. The van der Waals surface area contributed by atoms with Crippen LogP contribution in [0.15, 0.2) is 30.9 Å². The number of nitrogens with zero attached hydrogens (tertiary/aromatic N) is 6. The van der Waals surface area contributed by atoms with E-state index >= 15 is 0 Å². The first-order chi connectivity index (χ1) is 8.36. The summed E-state index contributed by atoms with van der Waals surface area (Å²) in [6, 6.07) is 0. The van der Waals surface area contributed by atoms with Gasteiger partial charge in [-0.1, -0.05) is 0 Å². The van der Waals surface area contributed by atoms with Gasteiger partial charge in [-0.2, -0.15) is 0 Å². The first kappa shape index (κ1) is 27.1. The predicted octanol–water partition coefficient (Wildman–Crippen LogP) is -0.830. The van der Waals surface area contributed by atoms with Crippen molar-refractivity contribution < 1.29 is 58.4 Å². The van der Waals surface area contributed by atoms with E-state index in [1.165, 1.54) is 0 Å². The van der Waals surface area contributed by atoms with Crippen LogP contribution < -0.4 is 0 Å². The quantitative estimate of drug-likeness (QED) is 0.307. The molecule has 2 aromatic rings. The molecule has 0 spiro atoms. The van der Waals surface area contributed by atoms with Crippen LogP contribution in [0.2, 0.25) is 0 Å². The minimum atomic E-state index is 0. The molecule has 0 atom stereocenters. The molecule has 0 saturated carbocycles. The van der Waals surface area contributed by atoms with Crippen LogP contribution in [-0.4, -0.2) is 29.9 Å². The number of aromatic nitrogens is 6. The Balaban J connectivity index is -0.000000270.